The number of carbonyl (C=O) groups excluding carboxylic acids is 1. The van der Waals surface area contributed by atoms with E-state index in [-0.39, 0.29) is 12.3 Å². The second-order valence-corrected chi connectivity index (χ2v) is 4.91. The molecule has 2 aromatic rings. The molecule has 0 bridgehead atoms. The highest BCUT2D eigenvalue weighted by Crippen LogP contribution is 2.32. The Bertz CT molecular complexity index is 629. The molecule has 5 heteroatoms. The van der Waals surface area contributed by atoms with E-state index in [1.165, 1.54) is 0 Å². The summed E-state index contributed by atoms with van der Waals surface area (Å²) >= 11 is 4.39. The molecule has 110 valence electrons. The highest BCUT2D eigenvalue weighted by atomic mass is 32.1. The number of ether oxygens (including phenoxy) is 2. The quantitative estimate of drug-likeness (QED) is 0.834. The van der Waals surface area contributed by atoms with Gasteiger partial charge in [-0.2, -0.15) is 0 Å². The fourth-order valence-corrected chi connectivity index (χ4v) is 2.21. The van der Waals surface area contributed by atoms with Gasteiger partial charge in [-0.1, -0.05) is 18.2 Å². The molecule has 4 nitrogen and oxygen atoms in total. The highest BCUT2D eigenvalue weighted by Gasteiger charge is 2.12. The summed E-state index contributed by atoms with van der Waals surface area (Å²) < 4.78 is 10.4. The number of rotatable bonds is 5. The zero-order valence-electron chi connectivity index (χ0n) is 11.9. The Labute approximate surface area is 129 Å². The van der Waals surface area contributed by atoms with Gasteiger partial charge in [-0.3, -0.25) is 4.79 Å². The van der Waals surface area contributed by atoms with Crippen LogP contribution in [-0.4, -0.2) is 20.1 Å². The largest absolute Gasteiger partial charge is 0.493 e. The number of hydrogen-bond acceptors (Lipinski definition) is 4. The summed E-state index contributed by atoms with van der Waals surface area (Å²) in [6.45, 7) is 0. The Balaban J connectivity index is 2.14. The number of para-hydroxylation sites is 1. The summed E-state index contributed by atoms with van der Waals surface area (Å²) in [7, 11) is 3.12. The van der Waals surface area contributed by atoms with Crippen LogP contribution in [0, 0.1) is 0 Å². The lowest BCUT2D eigenvalue weighted by molar-refractivity contribution is -0.115. The third-order valence-corrected chi connectivity index (χ3v) is 3.41. The summed E-state index contributed by atoms with van der Waals surface area (Å²) in [5.74, 6) is 1.07. The molecule has 0 radical (unpaired) electrons. The first kappa shape index (κ1) is 15.3. The van der Waals surface area contributed by atoms with Crippen molar-refractivity contribution in [3.8, 4) is 11.5 Å². The summed E-state index contributed by atoms with van der Waals surface area (Å²) in [6, 6.07) is 12.8. The number of amides is 1. The molecule has 0 aliphatic heterocycles. The first-order chi connectivity index (χ1) is 10.1. The van der Waals surface area contributed by atoms with Crippen molar-refractivity contribution in [3.05, 3.63) is 48.0 Å². The van der Waals surface area contributed by atoms with Gasteiger partial charge in [-0.15, -0.1) is 12.6 Å². The van der Waals surface area contributed by atoms with Crippen molar-refractivity contribution < 1.29 is 14.3 Å². The van der Waals surface area contributed by atoms with Crippen molar-refractivity contribution in [3.63, 3.8) is 0 Å². The Hall–Kier alpha value is -2.14. The van der Waals surface area contributed by atoms with E-state index in [0.717, 1.165) is 11.3 Å². The second kappa shape index (κ2) is 7.04. The Morgan fingerprint density at radius 2 is 1.71 bits per heavy atom. The van der Waals surface area contributed by atoms with Crippen LogP contribution in [0.1, 0.15) is 5.56 Å². The summed E-state index contributed by atoms with van der Waals surface area (Å²) in [4.78, 5) is 12.8. The average molecular weight is 303 g/mol. The highest BCUT2D eigenvalue weighted by molar-refractivity contribution is 7.80. The lowest BCUT2D eigenvalue weighted by Gasteiger charge is -2.12. The number of thiol groups is 1. The van der Waals surface area contributed by atoms with E-state index in [1.807, 2.05) is 30.3 Å². The minimum absolute atomic E-state index is 0.108. The van der Waals surface area contributed by atoms with E-state index < -0.39 is 0 Å². The molecule has 21 heavy (non-hydrogen) atoms. The summed E-state index contributed by atoms with van der Waals surface area (Å²) in [6.07, 6.45) is 0.216. The number of methoxy groups -OCH3 is 2. The maximum absolute atomic E-state index is 12.1. The Morgan fingerprint density at radius 3 is 2.33 bits per heavy atom. The zero-order chi connectivity index (χ0) is 15.2. The van der Waals surface area contributed by atoms with Crippen LogP contribution in [0.15, 0.2) is 47.4 Å². The van der Waals surface area contributed by atoms with Crippen LogP contribution in [0.4, 0.5) is 5.69 Å². The average Bonchev–Trinajstić information content (AvgIpc) is 2.49. The van der Waals surface area contributed by atoms with E-state index in [1.54, 1.807) is 26.4 Å². The Kier molecular flexibility index (Phi) is 5.11. The topological polar surface area (TPSA) is 47.6 Å². The van der Waals surface area contributed by atoms with Gasteiger partial charge in [0.2, 0.25) is 5.91 Å². The van der Waals surface area contributed by atoms with Gasteiger partial charge in [-0.25, -0.2) is 0 Å². The number of carbonyl (C=O) groups is 1. The number of nitrogens with one attached hydrogen (secondary N) is 1. The smallest absolute Gasteiger partial charge is 0.228 e. The molecule has 0 saturated heterocycles. The lowest BCUT2D eigenvalue weighted by Crippen LogP contribution is -2.14. The van der Waals surface area contributed by atoms with Crippen molar-refractivity contribution in [2.45, 2.75) is 11.3 Å². The summed E-state index contributed by atoms with van der Waals surface area (Å²) in [5, 5.41) is 2.84. The number of hydrogen-bond donors (Lipinski definition) is 2. The first-order valence-corrected chi connectivity index (χ1v) is 6.87. The predicted octanol–water partition coefficient (Wildman–Crippen LogP) is 3.17. The molecule has 0 fully saturated rings. The lowest BCUT2D eigenvalue weighted by atomic mass is 10.1. The van der Waals surface area contributed by atoms with Crippen molar-refractivity contribution in [1.29, 1.82) is 0 Å². The number of benzene rings is 2. The molecule has 0 spiro atoms. The van der Waals surface area contributed by atoms with Gasteiger partial charge in [0.15, 0.2) is 11.5 Å². The van der Waals surface area contributed by atoms with Crippen LogP contribution < -0.4 is 14.8 Å². The molecule has 0 unspecified atom stereocenters. The van der Waals surface area contributed by atoms with Crippen LogP contribution in [0.2, 0.25) is 0 Å². The van der Waals surface area contributed by atoms with Crippen LogP contribution in [0.25, 0.3) is 0 Å². The molecule has 0 aliphatic carbocycles. The molecule has 0 aromatic heterocycles. The van der Waals surface area contributed by atoms with Gasteiger partial charge >= 0.3 is 0 Å². The SMILES string of the molecule is COc1cc(S)c(CC(=O)Nc2ccccc2)cc1OC. The fourth-order valence-electron chi connectivity index (χ4n) is 1.95. The van der Waals surface area contributed by atoms with E-state index in [4.69, 9.17) is 9.47 Å². The van der Waals surface area contributed by atoms with Crippen molar-refractivity contribution >= 4 is 24.2 Å². The van der Waals surface area contributed by atoms with Gasteiger partial charge < -0.3 is 14.8 Å². The van der Waals surface area contributed by atoms with Gasteiger partial charge in [0.05, 0.1) is 20.6 Å². The minimum atomic E-state index is -0.108. The molecule has 2 aromatic carbocycles. The first-order valence-electron chi connectivity index (χ1n) is 6.42. The number of anilines is 1. The van der Waals surface area contributed by atoms with Gasteiger partial charge in [0.25, 0.3) is 0 Å². The van der Waals surface area contributed by atoms with E-state index in [9.17, 15) is 4.79 Å². The van der Waals surface area contributed by atoms with E-state index >= 15 is 0 Å². The van der Waals surface area contributed by atoms with Crippen molar-refractivity contribution in [1.82, 2.24) is 0 Å². The normalized spacial score (nSPS) is 10.0. The fraction of sp³-hybridized carbons (Fsp3) is 0.188. The monoisotopic (exact) mass is 303 g/mol. The molecule has 0 atom stereocenters. The van der Waals surface area contributed by atoms with Crippen LogP contribution in [-0.2, 0) is 11.2 Å². The zero-order valence-corrected chi connectivity index (χ0v) is 12.8. The summed E-state index contributed by atoms with van der Waals surface area (Å²) in [5.41, 5.74) is 1.55. The maximum Gasteiger partial charge on any atom is 0.228 e. The third-order valence-electron chi connectivity index (χ3n) is 2.99. The van der Waals surface area contributed by atoms with Crippen LogP contribution in [0.5, 0.6) is 11.5 Å². The third kappa shape index (κ3) is 3.92. The predicted molar refractivity (Wildman–Crippen MR) is 85.6 cm³/mol. The molecule has 0 heterocycles. The molecule has 2 rings (SSSR count). The minimum Gasteiger partial charge on any atom is -0.493 e. The van der Waals surface area contributed by atoms with Gasteiger partial charge in [0.1, 0.15) is 0 Å². The van der Waals surface area contributed by atoms with Gasteiger partial charge in [0, 0.05) is 10.6 Å². The van der Waals surface area contributed by atoms with Crippen molar-refractivity contribution in [2.75, 3.05) is 19.5 Å². The van der Waals surface area contributed by atoms with Crippen LogP contribution >= 0.6 is 12.6 Å². The second-order valence-electron chi connectivity index (χ2n) is 4.43. The molecule has 1 amide bonds. The molecular formula is C16H17NO3S. The van der Waals surface area contributed by atoms with E-state index in [2.05, 4.69) is 17.9 Å². The molecule has 0 saturated carbocycles. The molecule has 0 aliphatic rings. The maximum atomic E-state index is 12.1. The van der Waals surface area contributed by atoms with Crippen LogP contribution in [0.3, 0.4) is 0 Å². The molecular weight excluding hydrogens is 286 g/mol. The standard InChI is InChI=1S/C16H17NO3S/c1-19-13-8-11(15(21)10-14(13)20-2)9-16(18)17-12-6-4-3-5-7-12/h3-8,10,21H,9H2,1-2H3,(H,17,18). The molecule has 1 N–H and O–H groups in total. The van der Waals surface area contributed by atoms with Gasteiger partial charge in [-0.05, 0) is 29.8 Å². The Morgan fingerprint density at radius 1 is 1.10 bits per heavy atom. The van der Waals surface area contributed by atoms with Crippen molar-refractivity contribution in [2.24, 2.45) is 0 Å². The van der Waals surface area contributed by atoms with E-state index in [0.29, 0.717) is 16.4 Å².